The zero-order chi connectivity index (χ0) is 16.2. The molecule has 0 bridgehead atoms. The highest BCUT2D eigenvalue weighted by Crippen LogP contribution is 2.38. The van der Waals surface area contributed by atoms with Gasteiger partial charge in [0.15, 0.2) is 11.5 Å². The number of halogens is 2. The van der Waals surface area contributed by atoms with Gasteiger partial charge in [-0.05, 0) is 35.4 Å². The van der Waals surface area contributed by atoms with Crippen LogP contribution in [0, 0.1) is 5.82 Å². The maximum Gasteiger partial charge on any atom is 0.179 e. The molecule has 0 fully saturated rings. The highest BCUT2D eigenvalue weighted by molar-refractivity contribution is 6.32. The van der Waals surface area contributed by atoms with Crippen molar-refractivity contribution in [2.24, 2.45) is 0 Å². The number of nitrogens with one attached hydrogen (secondary N) is 1. The van der Waals surface area contributed by atoms with Crippen LogP contribution in [0.15, 0.2) is 36.4 Å². The zero-order valence-electron chi connectivity index (χ0n) is 12.4. The molecule has 0 amide bonds. The fourth-order valence-corrected chi connectivity index (χ4v) is 2.71. The van der Waals surface area contributed by atoms with Gasteiger partial charge >= 0.3 is 0 Å². The van der Waals surface area contributed by atoms with E-state index in [-0.39, 0.29) is 5.82 Å². The molecule has 0 aliphatic carbocycles. The molecule has 2 aromatic carbocycles. The second-order valence-corrected chi connectivity index (χ2v) is 5.71. The summed E-state index contributed by atoms with van der Waals surface area (Å²) in [5, 5.41) is 13.7. The van der Waals surface area contributed by atoms with Gasteiger partial charge in [0.25, 0.3) is 0 Å². The second-order valence-electron chi connectivity index (χ2n) is 5.30. The standard InChI is InChI=1S/C17H17ClFNO3/c18-14-7-11(8-16-17(14)23-6-5-22-16)9-20-10-15(21)12-1-3-13(19)4-2-12/h1-4,7-8,15,20-21H,5-6,9-10H2. The number of aliphatic hydroxyl groups is 1. The molecule has 3 rings (SSSR count). The molecule has 2 N–H and O–H groups in total. The first kappa shape index (κ1) is 16.1. The van der Waals surface area contributed by atoms with Crippen LogP contribution in [0.5, 0.6) is 11.5 Å². The molecular weight excluding hydrogens is 321 g/mol. The number of fused-ring (bicyclic) bond motifs is 1. The minimum atomic E-state index is -0.705. The van der Waals surface area contributed by atoms with Crippen molar-refractivity contribution in [3.8, 4) is 11.5 Å². The lowest BCUT2D eigenvalue weighted by atomic mass is 10.1. The van der Waals surface area contributed by atoms with Crippen LogP contribution in [0.2, 0.25) is 5.02 Å². The molecule has 0 saturated heterocycles. The quantitative estimate of drug-likeness (QED) is 0.880. The molecule has 1 heterocycles. The maximum absolute atomic E-state index is 12.9. The number of ether oxygens (including phenoxy) is 2. The smallest absolute Gasteiger partial charge is 0.179 e. The van der Waals surface area contributed by atoms with E-state index in [1.807, 2.05) is 12.1 Å². The summed E-state index contributed by atoms with van der Waals surface area (Å²) in [6, 6.07) is 9.49. The Labute approximate surface area is 138 Å². The summed E-state index contributed by atoms with van der Waals surface area (Å²) in [6.45, 7) is 1.87. The van der Waals surface area contributed by atoms with Gasteiger partial charge in [0.05, 0.1) is 11.1 Å². The molecule has 1 atom stereocenters. The van der Waals surface area contributed by atoms with Crippen LogP contribution in [0.25, 0.3) is 0 Å². The van der Waals surface area contributed by atoms with Crippen LogP contribution >= 0.6 is 11.6 Å². The Hall–Kier alpha value is -1.82. The molecule has 23 heavy (non-hydrogen) atoms. The van der Waals surface area contributed by atoms with Crippen LogP contribution in [0.1, 0.15) is 17.2 Å². The third kappa shape index (κ3) is 3.93. The van der Waals surface area contributed by atoms with Gasteiger partial charge in [-0.3, -0.25) is 0 Å². The van der Waals surface area contributed by atoms with E-state index in [1.54, 1.807) is 12.1 Å². The zero-order valence-corrected chi connectivity index (χ0v) is 13.1. The number of hydrogen-bond acceptors (Lipinski definition) is 4. The van der Waals surface area contributed by atoms with Crippen LogP contribution in [-0.4, -0.2) is 24.9 Å². The number of rotatable bonds is 5. The average molecular weight is 338 g/mol. The topological polar surface area (TPSA) is 50.7 Å². The summed E-state index contributed by atoms with van der Waals surface area (Å²) in [5.41, 5.74) is 1.60. The summed E-state index contributed by atoms with van der Waals surface area (Å²) >= 11 is 6.18. The Morgan fingerprint density at radius 3 is 2.70 bits per heavy atom. The van der Waals surface area contributed by atoms with Gasteiger partial charge in [0.2, 0.25) is 0 Å². The largest absolute Gasteiger partial charge is 0.486 e. The molecule has 4 nitrogen and oxygen atoms in total. The summed E-state index contributed by atoms with van der Waals surface area (Å²) in [4.78, 5) is 0. The van der Waals surface area contributed by atoms with Gasteiger partial charge in [-0.2, -0.15) is 0 Å². The molecule has 1 aliphatic heterocycles. The number of benzene rings is 2. The molecule has 2 aromatic rings. The van der Waals surface area contributed by atoms with Crippen molar-refractivity contribution in [3.05, 3.63) is 58.4 Å². The average Bonchev–Trinajstić information content (AvgIpc) is 2.55. The predicted octanol–water partition coefficient (Wildman–Crippen LogP) is 3.07. The lowest BCUT2D eigenvalue weighted by Gasteiger charge is -2.20. The van der Waals surface area contributed by atoms with E-state index >= 15 is 0 Å². The van der Waals surface area contributed by atoms with Gasteiger partial charge in [0.1, 0.15) is 19.0 Å². The fraction of sp³-hybridized carbons (Fsp3) is 0.294. The lowest BCUT2D eigenvalue weighted by molar-refractivity contribution is 0.170. The lowest BCUT2D eigenvalue weighted by Crippen LogP contribution is -2.21. The van der Waals surface area contributed by atoms with E-state index in [1.165, 1.54) is 12.1 Å². The predicted molar refractivity (Wildman–Crippen MR) is 85.5 cm³/mol. The Kier molecular flexibility index (Phi) is 5.00. The second kappa shape index (κ2) is 7.17. The maximum atomic E-state index is 12.9. The van der Waals surface area contributed by atoms with Crippen molar-refractivity contribution in [3.63, 3.8) is 0 Å². The van der Waals surface area contributed by atoms with Crippen LogP contribution in [-0.2, 0) is 6.54 Å². The molecular formula is C17H17ClFNO3. The summed E-state index contributed by atoms with van der Waals surface area (Å²) < 4.78 is 23.9. The van der Waals surface area contributed by atoms with E-state index in [9.17, 15) is 9.50 Å². The first-order valence-electron chi connectivity index (χ1n) is 7.36. The van der Waals surface area contributed by atoms with Crippen molar-refractivity contribution >= 4 is 11.6 Å². The number of hydrogen-bond donors (Lipinski definition) is 2. The minimum Gasteiger partial charge on any atom is -0.486 e. The molecule has 0 aromatic heterocycles. The van der Waals surface area contributed by atoms with Crippen molar-refractivity contribution in [2.75, 3.05) is 19.8 Å². The number of aliphatic hydroxyl groups excluding tert-OH is 1. The van der Waals surface area contributed by atoms with Crippen molar-refractivity contribution in [1.82, 2.24) is 5.32 Å². The van der Waals surface area contributed by atoms with E-state index in [2.05, 4.69) is 5.32 Å². The highest BCUT2D eigenvalue weighted by atomic mass is 35.5. The molecule has 0 saturated carbocycles. The normalized spacial score (nSPS) is 14.6. The fourth-order valence-electron chi connectivity index (χ4n) is 2.42. The van der Waals surface area contributed by atoms with E-state index in [4.69, 9.17) is 21.1 Å². The molecule has 1 aliphatic rings. The van der Waals surface area contributed by atoms with Crippen molar-refractivity contribution in [1.29, 1.82) is 0 Å². The van der Waals surface area contributed by atoms with Crippen LogP contribution in [0.3, 0.4) is 0 Å². The third-order valence-electron chi connectivity index (χ3n) is 3.58. The third-order valence-corrected chi connectivity index (χ3v) is 3.86. The SMILES string of the molecule is OC(CNCc1cc(Cl)c2c(c1)OCCO2)c1ccc(F)cc1. The van der Waals surface area contributed by atoms with Gasteiger partial charge in [-0.1, -0.05) is 23.7 Å². The first-order chi connectivity index (χ1) is 11.1. The van der Waals surface area contributed by atoms with E-state index < -0.39 is 6.10 Å². The van der Waals surface area contributed by atoms with E-state index in [0.29, 0.717) is 48.4 Å². The molecule has 1 unspecified atom stereocenters. The van der Waals surface area contributed by atoms with Gasteiger partial charge < -0.3 is 19.9 Å². The Morgan fingerprint density at radius 2 is 1.91 bits per heavy atom. The Balaban J connectivity index is 1.58. The minimum absolute atomic E-state index is 0.320. The summed E-state index contributed by atoms with van der Waals surface area (Å²) in [6.07, 6.45) is -0.705. The van der Waals surface area contributed by atoms with Crippen LogP contribution in [0.4, 0.5) is 4.39 Å². The molecule has 122 valence electrons. The highest BCUT2D eigenvalue weighted by Gasteiger charge is 2.16. The molecule has 0 spiro atoms. The van der Waals surface area contributed by atoms with Gasteiger partial charge in [0, 0.05) is 13.1 Å². The van der Waals surface area contributed by atoms with Crippen LogP contribution < -0.4 is 14.8 Å². The van der Waals surface area contributed by atoms with Crippen molar-refractivity contribution < 1.29 is 19.0 Å². The van der Waals surface area contributed by atoms with Gasteiger partial charge in [-0.25, -0.2) is 4.39 Å². The Morgan fingerprint density at radius 1 is 1.17 bits per heavy atom. The Bertz CT molecular complexity index is 678. The summed E-state index contributed by atoms with van der Waals surface area (Å²) in [5.74, 6) is 0.896. The van der Waals surface area contributed by atoms with Gasteiger partial charge in [-0.15, -0.1) is 0 Å². The monoisotopic (exact) mass is 337 g/mol. The summed E-state index contributed by atoms with van der Waals surface area (Å²) in [7, 11) is 0. The molecule has 0 radical (unpaired) electrons. The molecule has 6 heteroatoms. The van der Waals surface area contributed by atoms with Crippen molar-refractivity contribution in [2.45, 2.75) is 12.6 Å². The van der Waals surface area contributed by atoms with E-state index in [0.717, 1.165) is 5.56 Å². The first-order valence-corrected chi connectivity index (χ1v) is 7.73.